The van der Waals surface area contributed by atoms with Crippen LogP contribution in [0, 0.1) is 17.9 Å². The van der Waals surface area contributed by atoms with Gasteiger partial charge in [-0.15, -0.1) is 0 Å². The monoisotopic (exact) mass is 440 g/mol. The maximum atomic E-state index is 13.4. The van der Waals surface area contributed by atoms with Gasteiger partial charge < -0.3 is 14.4 Å². The molecule has 170 valence electrons. The van der Waals surface area contributed by atoms with E-state index in [0.717, 1.165) is 35.4 Å². The molecule has 0 spiro atoms. The van der Waals surface area contributed by atoms with E-state index in [9.17, 15) is 14.4 Å². The number of fused-ring (bicyclic) bond motifs is 2. The van der Waals surface area contributed by atoms with E-state index >= 15 is 0 Å². The molecule has 2 aromatic heterocycles. The van der Waals surface area contributed by atoms with Crippen molar-refractivity contribution in [1.29, 1.82) is 0 Å². The molecule has 0 N–H and O–H groups in total. The summed E-state index contributed by atoms with van der Waals surface area (Å²) >= 11 is 0. The van der Waals surface area contributed by atoms with Crippen molar-refractivity contribution in [3.8, 4) is 0 Å². The van der Waals surface area contributed by atoms with Crippen molar-refractivity contribution in [3.63, 3.8) is 0 Å². The summed E-state index contributed by atoms with van der Waals surface area (Å²) in [5.41, 5.74) is 2.73. The Bertz CT molecular complexity index is 1210. The minimum atomic E-state index is -0.351. The lowest BCUT2D eigenvalue weighted by atomic mass is 9.91. The molecule has 0 aliphatic carbocycles. The Labute approximate surface area is 186 Å². The molecule has 32 heavy (non-hydrogen) atoms. The van der Waals surface area contributed by atoms with Crippen molar-refractivity contribution >= 4 is 11.0 Å². The number of hydrogen-bond acceptors (Lipinski definition) is 5. The van der Waals surface area contributed by atoms with E-state index in [1.807, 2.05) is 11.5 Å². The van der Waals surface area contributed by atoms with Gasteiger partial charge in [-0.3, -0.25) is 9.36 Å². The van der Waals surface area contributed by atoms with Gasteiger partial charge in [0.25, 0.3) is 5.56 Å². The Balaban J connectivity index is 1.28. The highest BCUT2D eigenvalue weighted by atomic mass is 19.1. The van der Waals surface area contributed by atoms with Crippen LogP contribution >= 0.6 is 0 Å². The molecule has 8 heteroatoms. The molecule has 1 aromatic carbocycles. The van der Waals surface area contributed by atoms with E-state index in [-0.39, 0.29) is 21.9 Å². The Hall–Kier alpha value is -2.58. The van der Waals surface area contributed by atoms with Crippen LogP contribution in [0.3, 0.4) is 0 Å². The van der Waals surface area contributed by atoms with E-state index in [2.05, 4.69) is 12.1 Å². The Morgan fingerprint density at radius 2 is 2.06 bits per heavy atom. The molecule has 0 amide bonds. The first-order chi connectivity index (χ1) is 15.3. The second-order valence-electron chi connectivity index (χ2n) is 9.50. The lowest BCUT2D eigenvalue weighted by molar-refractivity contribution is -0.885. The summed E-state index contributed by atoms with van der Waals surface area (Å²) in [5.74, 6) is 0.955. The molecule has 0 bridgehead atoms. The molecule has 2 aliphatic rings. The maximum Gasteiger partial charge on any atom is 0.257 e. The van der Waals surface area contributed by atoms with E-state index in [1.165, 1.54) is 12.1 Å². The molecule has 4 heterocycles. The van der Waals surface area contributed by atoms with Crippen molar-refractivity contribution in [1.82, 2.24) is 14.7 Å². The average molecular weight is 441 g/mol. The minimum absolute atomic E-state index is 0.0295. The van der Waals surface area contributed by atoms with Gasteiger partial charge in [0, 0.05) is 60.4 Å². The van der Waals surface area contributed by atoms with Crippen LogP contribution in [0.15, 0.2) is 27.5 Å². The molecule has 0 saturated carbocycles. The van der Waals surface area contributed by atoms with Gasteiger partial charge in [-0.2, -0.15) is 0 Å². The van der Waals surface area contributed by atoms with Gasteiger partial charge in [0.15, 0.2) is 5.58 Å². The fourth-order valence-electron chi connectivity index (χ4n) is 5.36. The lowest BCUT2D eigenvalue weighted by Gasteiger charge is -2.47. The number of nitrogens with zero attached hydrogens (tertiary/aromatic N) is 4. The Morgan fingerprint density at radius 3 is 2.84 bits per heavy atom. The van der Waals surface area contributed by atoms with Crippen LogP contribution in [0.25, 0.3) is 11.0 Å². The van der Waals surface area contributed by atoms with Crippen LogP contribution in [0.2, 0.25) is 0 Å². The number of rotatable bonds is 4. The zero-order valence-electron chi connectivity index (χ0n) is 18.6. The molecule has 2 aliphatic heterocycles. The quantitative estimate of drug-likeness (QED) is 0.449. The number of aromatic nitrogens is 3. The highest BCUT2D eigenvalue weighted by molar-refractivity contribution is 5.79. The number of hydrogen-bond donors (Lipinski definition) is 0. The van der Waals surface area contributed by atoms with Crippen molar-refractivity contribution in [3.05, 3.63) is 62.4 Å². The zero-order valence-corrected chi connectivity index (χ0v) is 18.6. The van der Waals surface area contributed by atoms with Crippen molar-refractivity contribution in [2.75, 3.05) is 19.6 Å². The summed E-state index contributed by atoms with van der Waals surface area (Å²) in [6.45, 7) is 6.04. The van der Waals surface area contributed by atoms with Gasteiger partial charge in [0.1, 0.15) is 11.6 Å². The van der Waals surface area contributed by atoms with E-state index < -0.39 is 0 Å². The number of hydroxylamine groups is 3. The minimum Gasteiger partial charge on any atom is -0.633 e. The Morgan fingerprint density at radius 1 is 1.28 bits per heavy atom. The number of quaternary nitrogens is 1. The highest BCUT2D eigenvalue weighted by Crippen LogP contribution is 2.35. The Kier molecular flexibility index (Phi) is 5.37. The highest BCUT2D eigenvalue weighted by Gasteiger charge is 2.31. The van der Waals surface area contributed by atoms with Crippen LogP contribution in [-0.4, -0.2) is 39.0 Å². The van der Waals surface area contributed by atoms with Gasteiger partial charge in [0.2, 0.25) is 0 Å². The molecular formula is C24H29FN4O3. The van der Waals surface area contributed by atoms with E-state index in [0.29, 0.717) is 62.5 Å². The first-order valence-electron chi connectivity index (χ1n) is 11.6. The van der Waals surface area contributed by atoms with Gasteiger partial charge in [-0.05, 0) is 31.9 Å². The smallest absolute Gasteiger partial charge is 0.257 e. The number of benzene rings is 1. The van der Waals surface area contributed by atoms with Crippen LogP contribution in [-0.2, 0) is 13.0 Å². The number of halogens is 1. The fourth-order valence-corrected chi connectivity index (χ4v) is 5.36. The largest absolute Gasteiger partial charge is 0.633 e. The van der Waals surface area contributed by atoms with Gasteiger partial charge in [-0.25, -0.2) is 9.37 Å². The van der Waals surface area contributed by atoms with Gasteiger partial charge >= 0.3 is 0 Å². The summed E-state index contributed by atoms with van der Waals surface area (Å²) in [5, 5.41) is 18.4. The van der Waals surface area contributed by atoms with Gasteiger partial charge in [-0.1, -0.05) is 12.1 Å². The molecule has 5 rings (SSSR count). The first kappa shape index (κ1) is 21.3. The first-order valence-corrected chi connectivity index (χ1v) is 11.6. The third kappa shape index (κ3) is 3.75. The molecule has 0 radical (unpaired) electrons. The van der Waals surface area contributed by atoms with Crippen molar-refractivity contribution < 1.29 is 13.6 Å². The maximum absolute atomic E-state index is 13.4. The number of aryl methyl sites for hydroxylation is 1. The number of likely N-dealkylation sites (tertiary alicyclic amines) is 1. The molecule has 3 aromatic rings. The third-order valence-corrected chi connectivity index (χ3v) is 7.35. The van der Waals surface area contributed by atoms with Crippen LogP contribution in [0.1, 0.15) is 67.2 Å². The van der Waals surface area contributed by atoms with Crippen LogP contribution in [0.4, 0.5) is 4.39 Å². The van der Waals surface area contributed by atoms with Gasteiger partial charge in [0.05, 0.1) is 25.3 Å². The topological polar surface area (TPSA) is 84.0 Å². The standard InChI is InChI=1S/C24H29FN4O3/c1-15-4-3-10-28-23(15)26-16(2)19(24(28)30)9-13-29(31)11-7-17(8-12-29)22-20-6-5-18(25)14-21(20)32-27-22/h5-6,14-15,17H,3-4,7-13H2,1-2H3. The SMILES string of the molecule is Cc1nc2n(c(=O)c1CC[N+]1([O-])CCC(c3noc4cc(F)ccc34)CC1)CCCC2C. The summed E-state index contributed by atoms with van der Waals surface area (Å²) in [7, 11) is 0. The molecule has 1 unspecified atom stereocenters. The molecule has 7 nitrogen and oxygen atoms in total. The predicted molar refractivity (Wildman–Crippen MR) is 119 cm³/mol. The summed E-state index contributed by atoms with van der Waals surface area (Å²) in [6, 6.07) is 4.45. The average Bonchev–Trinajstić information content (AvgIpc) is 3.18. The number of piperidine rings is 1. The molecule has 1 saturated heterocycles. The summed E-state index contributed by atoms with van der Waals surface area (Å²) in [6.07, 6.45) is 3.89. The van der Waals surface area contributed by atoms with E-state index in [4.69, 9.17) is 9.51 Å². The summed E-state index contributed by atoms with van der Waals surface area (Å²) < 4.78 is 20.2. The zero-order chi connectivity index (χ0) is 22.5. The third-order valence-electron chi connectivity index (χ3n) is 7.35. The molecular weight excluding hydrogens is 411 g/mol. The van der Waals surface area contributed by atoms with Crippen molar-refractivity contribution in [2.45, 2.75) is 64.3 Å². The lowest BCUT2D eigenvalue weighted by Crippen LogP contribution is -2.49. The molecule has 1 fully saturated rings. The second kappa shape index (κ2) is 8.08. The summed E-state index contributed by atoms with van der Waals surface area (Å²) in [4.78, 5) is 17.8. The van der Waals surface area contributed by atoms with Crippen molar-refractivity contribution in [2.24, 2.45) is 0 Å². The predicted octanol–water partition coefficient (Wildman–Crippen LogP) is 4.16. The van der Waals surface area contributed by atoms with Crippen LogP contribution < -0.4 is 5.56 Å². The van der Waals surface area contributed by atoms with Crippen LogP contribution in [0.5, 0.6) is 0 Å². The van der Waals surface area contributed by atoms with E-state index in [1.54, 1.807) is 6.07 Å². The second-order valence-corrected chi connectivity index (χ2v) is 9.50. The fraction of sp³-hybridized carbons (Fsp3) is 0.542. The molecule has 1 atom stereocenters. The normalized spacial score (nSPS) is 25.8.